The molecule has 0 radical (unpaired) electrons. The fourth-order valence-corrected chi connectivity index (χ4v) is 2.48. The van der Waals surface area contributed by atoms with E-state index in [0.29, 0.717) is 0 Å². The van der Waals surface area contributed by atoms with Crippen LogP contribution in [0.5, 0.6) is 0 Å². The Hall–Kier alpha value is -3.34. The summed E-state index contributed by atoms with van der Waals surface area (Å²) in [6.45, 7) is 0. The van der Waals surface area contributed by atoms with E-state index in [0.717, 1.165) is 27.7 Å². The van der Waals surface area contributed by atoms with Crippen molar-refractivity contribution in [1.29, 1.82) is 0 Å². The van der Waals surface area contributed by atoms with Gasteiger partial charge >= 0.3 is 6.03 Å². The van der Waals surface area contributed by atoms with Gasteiger partial charge in [0.1, 0.15) is 0 Å². The Kier molecular flexibility index (Phi) is 4.43. The molecule has 120 valence electrons. The molecule has 2 amide bonds. The van der Waals surface area contributed by atoms with Crippen LogP contribution in [0.3, 0.4) is 0 Å². The normalized spacial score (nSPS) is 10.9. The Bertz CT molecular complexity index is 890. The number of nitrogens with zero attached hydrogens (tertiary/aromatic N) is 2. The van der Waals surface area contributed by atoms with Gasteiger partial charge in [-0.15, -0.1) is 0 Å². The van der Waals surface area contributed by atoms with E-state index in [9.17, 15) is 4.79 Å². The van der Waals surface area contributed by atoms with Crippen LogP contribution in [0, 0.1) is 0 Å². The van der Waals surface area contributed by atoms with Crippen molar-refractivity contribution in [3.8, 4) is 0 Å². The largest absolute Gasteiger partial charge is 0.326 e. The van der Waals surface area contributed by atoms with Crippen LogP contribution in [0.2, 0.25) is 0 Å². The summed E-state index contributed by atoms with van der Waals surface area (Å²) in [4.78, 5) is 13.9. The minimum atomic E-state index is -0.188. The zero-order chi connectivity index (χ0) is 16.9. The lowest BCUT2D eigenvalue weighted by molar-refractivity contribution is 0.258. The van der Waals surface area contributed by atoms with E-state index in [4.69, 9.17) is 5.84 Å². The van der Waals surface area contributed by atoms with Crippen molar-refractivity contribution >= 4 is 34.4 Å². The molecule has 0 aliphatic rings. The van der Waals surface area contributed by atoms with Gasteiger partial charge in [-0.25, -0.2) is 4.79 Å². The number of para-hydroxylation sites is 1. The molecule has 0 fully saturated rings. The van der Waals surface area contributed by atoms with Crippen LogP contribution < -0.4 is 16.1 Å². The summed E-state index contributed by atoms with van der Waals surface area (Å²) in [5.41, 5.74) is 2.52. The second kappa shape index (κ2) is 6.83. The quantitative estimate of drug-likeness (QED) is 0.438. The average Bonchev–Trinajstić information content (AvgIpc) is 2.62. The van der Waals surface area contributed by atoms with Gasteiger partial charge in [0.05, 0.1) is 6.21 Å². The van der Waals surface area contributed by atoms with Crippen LogP contribution >= 0.6 is 0 Å². The molecule has 5 nitrogen and oxygen atoms in total. The zero-order valence-corrected chi connectivity index (χ0v) is 13.3. The molecule has 3 aromatic rings. The van der Waals surface area contributed by atoms with E-state index in [2.05, 4.69) is 10.4 Å². The molecule has 24 heavy (non-hydrogen) atoms. The highest BCUT2D eigenvalue weighted by Gasteiger charge is 2.10. The molecule has 0 aliphatic heterocycles. The van der Waals surface area contributed by atoms with Crippen molar-refractivity contribution < 1.29 is 4.79 Å². The molecule has 3 aromatic carbocycles. The van der Waals surface area contributed by atoms with Gasteiger partial charge in [0.15, 0.2) is 0 Å². The summed E-state index contributed by atoms with van der Waals surface area (Å²) < 4.78 is 0. The lowest BCUT2D eigenvalue weighted by Gasteiger charge is -2.18. The average molecular weight is 318 g/mol. The molecule has 3 N–H and O–H groups in total. The number of anilines is 2. The van der Waals surface area contributed by atoms with Crippen LogP contribution in [0.1, 0.15) is 5.56 Å². The van der Waals surface area contributed by atoms with Gasteiger partial charge in [-0.1, -0.05) is 36.4 Å². The van der Waals surface area contributed by atoms with E-state index in [1.165, 1.54) is 0 Å². The molecular formula is C19H18N4O. The molecule has 5 heteroatoms. The highest BCUT2D eigenvalue weighted by atomic mass is 16.2. The maximum Gasteiger partial charge on any atom is 0.326 e. The first-order valence-corrected chi connectivity index (χ1v) is 7.54. The highest BCUT2D eigenvalue weighted by molar-refractivity contribution is 6.02. The number of fused-ring (bicyclic) bond motifs is 1. The van der Waals surface area contributed by atoms with Crippen LogP contribution in [0.15, 0.2) is 71.8 Å². The molecular weight excluding hydrogens is 300 g/mol. The highest BCUT2D eigenvalue weighted by Crippen LogP contribution is 2.21. The molecule has 0 unspecified atom stereocenters. The first-order valence-electron chi connectivity index (χ1n) is 7.54. The third kappa shape index (κ3) is 3.35. The number of hydrogen-bond donors (Lipinski definition) is 2. The second-order valence-corrected chi connectivity index (χ2v) is 5.42. The number of hydrazone groups is 1. The van der Waals surface area contributed by atoms with Crippen molar-refractivity contribution in [1.82, 2.24) is 0 Å². The maximum absolute atomic E-state index is 12.4. The summed E-state index contributed by atoms with van der Waals surface area (Å²) in [6.07, 6.45) is 1.60. The van der Waals surface area contributed by atoms with Gasteiger partial charge in [-0.3, -0.25) is 4.90 Å². The third-order valence-corrected chi connectivity index (χ3v) is 3.79. The molecule has 0 bridgehead atoms. The molecule has 0 heterocycles. The molecule has 0 atom stereocenters. The lowest BCUT2D eigenvalue weighted by Crippen LogP contribution is -2.31. The monoisotopic (exact) mass is 318 g/mol. The smallest absolute Gasteiger partial charge is 0.323 e. The summed E-state index contributed by atoms with van der Waals surface area (Å²) >= 11 is 0. The number of benzene rings is 3. The van der Waals surface area contributed by atoms with Crippen molar-refractivity contribution in [3.05, 3.63) is 72.3 Å². The van der Waals surface area contributed by atoms with E-state index in [-0.39, 0.29) is 6.03 Å². The van der Waals surface area contributed by atoms with E-state index in [1.807, 2.05) is 66.7 Å². The Labute approximate surface area is 140 Å². The Balaban J connectivity index is 1.80. The van der Waals surface area contributed by atoms with E-state index >= 15 is 0 Å². The molecule has 0 spiro atoms. The predicted octanol–water partition coefficient (Wildman–Crippen LogP) is 3.80. The van der Waals surface area contributed by atoms with E-state index < -0.39 is 0 Å². The summed E-state index contributed by atoms with van der Waals surface area (Å²) in [5, 5.41) is 8.53. The van der Waals surface area contributed by atoms with Crippen LogP contribution in [0.4, 0.5) is 16.2 Å². The minimum Gasteiger partial charge on any atom is -0.323 e. The zero-order valence-electron chi connectivity index (χ0n) is 13.3. The van der Waals surface area contributed by atoms with E-state index in [1.54, 1.807) is 18.2 Å². The SMILES string of the molecule is CN(C(=O)Nc1ccc2cc(C=NN)ccc2c1)c1ccccc1. The Morgan fingerprint density at radius 3 is 2.50 bits per heavy atom. The van der Waals surface area contributed by atoms with Crippen LogP contribution in [-0.2, 0) is 0 Å². The lowest BCUT2D eigenvalue weighted by atomic mass is 10.1. The number of carbonyl (C=O) groups is 1. The Morgan fingerprint density at radius 2 is 1.75 bits per heavy atom. The maximum atomic E-state index is 12.4. The summed E-state index contributed by atoms with van der Waals surface area (Å²) in [6, 6.07) is 21.0. The van der Waals surface area contributed by atoms with Crippen molar-refractivity contribution in [2.24, 2.45) is 10.9 Å². The number of nitrogens with two attached hydrogens (primary N) is 1. The van der Waals surface area contributed by atoms with Gasteiger partial charge in [-0.05, 0) is 46.7 Å². The van der Waals surface area contributed by atoms with Gasteiger partial charge in [0, 0.05) is 18.4 Å². The van der Waals surface area contributed by atoms with Crippen LogP contribution in [-0.4, -0.2) is 19.3 Å². The van der Waals surface area contributed by atoms with Gasteiger partial charge in [0.25, 0.3) is 0 Å². The van der Waals surface area contributed by atoms with Crippen LogP contribution in [0.25, 0.3) is 10.8 Å². The number of amides is 2. The standard InChI is InChI=1S/C19H18N4O/c1-23(18-5-3-2-4-6-18)19(24)22-17-10-9-15-11-14(13-21-20)7-8-16(15)12-17/h2-13H,20H2,1H3,(H,22,24). The molecule has 0 aromatic heterocycles. The summed E-state index contributed by atoms with van der Waals surface area (Å²) in [5.74, 6) is 5.18. The molecule has 0 saturated carbocycles. The van der Waals surface area contributed by atoms with Crippen molar-refractivity contribution in [2.45, 2.75) is 0 Å². The fraction of sp³-hybridized carbons (Fsp3) is 0.0526. The fourth-order valence-electron chi connectivity index (χ4n) is 2.48. The number of urea groups is 1. The number of carbonyl (C=O) groups excluding carboxylic acids is 1. The van der Waals surface area contributed by atoms with Gasteiger partial charge in [0.2, 0.25) is 0 Å². The minimum absolute atomic E-state index is 0.188. The van der Waals surface area contributed by atoms with Gasteiger partial charge < -0.3 is 11.2 Å². The topological polar surface area (TPSA) is 70.7 Å². The summed E-state index contributed by atoms with van der Waals surface area (Å²) in [7, 11) is 1.74. The second-order valence-electron chi connectivity index (χ2n) is 5.42. The first-order chi connectivity index (χ1) is 11.7. The molecule has 0 saturated heterocycles. The Morgan fingerprint density at radius 1 is 1.04 bits per heavy atom. The third-order valence-electron chi connectivity index (χ3n) is 3.79. The van der Waals surface area contributed by atoms with Crippen molar-refractivity contribution in [3.63, 3.8) is 0 Å². The number of nitrogens with one attached hydrogen (secondary N) is 1. The molecule has 3 rings (SSSR count). The first kappa shape index (κ1) is 15.6. The number of hydrogen-bond acceptors (Lipinski definition) is 3. The predicted molar refractivity (Wildman–Crippen MR) is 99.6 cm³/mol. The van der Waals surface area contributed by atoms with Crippen molar-refractivity contribution in [2.75, 3.05) is 17.3 Å². The molecule has 0 aliphatic carbocycles. The number of rotatable bonds is 3. The van der Waals surface area contributed by atoms with Gasteiger partial charge in [-0.2, -0.15) is 5.10 Å².